The number of rotatable bonds is 8. The summed E-state index contributed by atoms with van der Waals surface area (Å²) >= 11 is 49.6. The molecule has 16 N–H and O–H groups in total. The maximum atomic E-state index is 13.1. The summed E-state index contributed by atoms with van der Waals surface area (Å²) in [6.45, 7) is 13.8. The fourth-order valence-electron chi connectivity index (χ4n) is 19.1. The van der Waals surface area contributed by atoms with Crippen molar-refractivity contribution in [1.82, 2.24) is 38.2 Å². The van der Waals surface area contributed by atoms with Crippen molar-refractivity contribution in [3.8, 4) is 22.7 Å². The molecule has 4 aliphatic carbocycles. The van der Waals surface area contributed by atoms with E-state index in [4.69, 9.17) is 139 Å². The molecule has 8 fully saturated rings. The standard InChI is InChI=1S/4C20H25Cl2N5O/c4*1-12-17(26-10-8-20(9-11-26)7-3-6-15(20)23)25-19(24)27(18(12)28)14-5-2-4-13(21)16(14)22/h4*2,4-5,15H,3,6-11,23H2,1H3,(H2,24,25)/t4*15-/m1100/s1. The van der Waals surface area contributed by atoms with Crippen LogP contribution in [0.1, 0.15) is 151 Å². The minimum atomic E-state index is -0.232. The predicted molar refractivity (Wildman–Crippen MR) is 459 cm³/mol. The van der Waals surface area contributed by atoms with Gasteiger partial charge >= 0.3 is 0 Å². The molecular weight excluding hydrogens is 1590 g/mol. The molecule has 112 heavy (non-hydrogen) atoms. The lowest BCUT2D eigenvalue weighted by atomic mass is 9.74. The van der Waals surface area contributed by atoms with Gasteiger partial charge in [-0.25, -0.2) is 18.3 Å². The number of aromatic nitrogens is 8. The molecule has 4 saturated heterocycles. The maximum Gasteiger partial charge on any atom is 0.264 e. The van der Waals surface area contributed by atoms with Gasteiger partial charge in [-0.1, -0.05) is 143 Å². The Hall–Kier alpha value is -7.04. The third-order valence-electron chi connectivity index (χ3n) is 26.1. The first-order valence-electron chi connectivity index (χ1n) is 38.7. The molecule has 8 heterocycles. The van der Waals surface area contributed by atoms with Gasteiger partial charge in [0.15, 0.2) is 0 Å². The number of benzene rings is 4. The monoisotopic (exact) mass is 1680 g/mol. The van der Waals surface area contributed by atoms with Crippen LogP contribution in [-0.4, -0.2) is 115 Å². The predicted octanol–water partition coefficient (Wildman–Crippen LogP) is 14.1. The van der Waals surface area contributed by atoms with E-state index in [0.717, 1.165) is 129 Å². The summed E-state index contributed by atoms with van der Waals surface area (Å²) < 4.78 is 5.30. The Morgan fingerprint density at radius 2 is 0.482 bits per heavy atom. The molecule has 8 aliphatic rings. The molecule has 0 bridgehead atoms. The van der Waals surface area contributed by atoms with E-state index < -0.39 is 0 Å². The van der Waals surface area contributed by atoms with Crippen LogP contribution in [0, 0.1) is 49.4 Å². The second-order valence-electron chi connectivity index (χ2n) is 31.9. The Bertz CT molecular complexity index is 4490. The third kappa shape index (κ3) is 15.7. The van der Waals surface area contributed by atoms with Crippen molar-refractivity contribution in [2.75, 3.05) is 94.9 Å². The highest BCUT2D eigenvalue weighted by Gasteiger charge is 2.47. The number of piperidine rings is 4. The van der Waals surface area contributed by atoms with Crippen LogP contribution in [0.3, 0.4) is 0 Å². The lowest BCUT2D eigenvalue weighted by molar-refractivity contribution is 0.197. The number of hydrogen-bond acceptors (Lipinski definition) is 20. The summed E-state index contributed by atoms with van der Waals surface area (Å²) in [7, 11) is 0. The van der Waals surface area contributed by atoms with Crippen molar-refractivity contribution in [3.63, 3.8) is 0 Å². The number of anilines is 8. The summed E-state index contributed by atoms with van der Waals surface area (Å²) in [5.74, 6) is 3.02. The van der Waals surface area contributed by atoms with Crippen LogP contribution < -0.4 is 87.7 Å². The average molecular weight is 1690 g/mol. The van der Waals surface area contributed by atoms with Crippen LogP contribution in [-0.2, 0) is 0 Å². The van der Waals surface area contributed by atoms with Crippen molar-refractivity contribution in [2.24, 2.45) is 44.6 Å². The summed E-state index contributed by atoms with van der Waals surface area (Å²) in [6, 6.07) is 21.6. The van der Waals surface area contributed by atoms with Gasteiger partial charge < -0.3 is 65.5 Å². The van der Waals surface area contributed by atoms with Gasteiger partial charge in [-0.15, -0.1) is 0 Å². The zero-order valence-corrected chi connectivity index (χ0v) is 69.7. The molecule has 600 valence electrons. The Kier molecular flexibility index (Phi) is 24.9. The molecule has 4 aromatic carbocycles. The summed E-state index contributed by atoms with van der Waals surface area (Å²) in [5, 5.41) is 2.57. The lowest BCUT2D eigenvalue weighted by Gasteiger charge is -2.42. The van der Waals surface area contributed by atoms with Crippen LogP contribution in [0.5, 0.6) is 0 Å². The maximum absolute atomic E-state index is 13.1. The average Bonchev–Trinajstić information content (AvgIpc) is 1.28. The molecule has 4 atom stereocenters. The zero-order chi connectivity index (χ0) is 80.2. The summed E-state index contributed by atoms with van der Waals surface area (Å²) in [5.41, 5.74) is 54.3. The first-order valence-corrected chi connectivity index (χ1v) is 41.7. The molecule has 24 nitrogen and oxygen atoms in total. The Morgan fingerprint density at radius 3 is 0.643 bits per heavy atom. The van der Waals surface area contributed by atoms with Crippen molar-refractivity contribution < 1.29 is 0 Å². The van der Waals surface area contributed by atoms with Gasteiger partial charge in [0, 0.05) is 76.5 Å². The normalized spacial score (nSPS) is 21.4. The van der Waals surface area contributed by atoms with Gasteiger partial charge in [0.25, 0.3) is 22.2 Å². The largest absolute Gasteiger partial charge is 0.369 e. The van der Waals surface area contributed by atoms with E-state index in [1.807, 2.05) is 0 Å². The van der Waals surface area contributed by atoms with Gasteiger partial charge in [0.05, 0.1) is 85.2 Å². The van der Waals surface area contributed by atoms with Crippen LogP contribution in [0.4, 0.5) is 47.1 Å². The minimum absolute atomic E-state index is 0.104. The summed E-state index contributed by atoms with van der Waals surface area (Å²) in [4.78, 5) is 79.4. The lowest BCUT2D eigenvalue weighted by Crippen LogP contribution is -2.47. The Balaban J connectivity index is 0.000000131. The van der Waals surface area contributed by atoms with Gasteiger partial charge in [-0.3, -0.25) is 19.2 Å². The second-order valence-corrected chi connectivity index (χ2v) is 35.1. The van der Waals surface area contributed by atoms with Gasteiger partial charge in [0.1, 0.15) is 23.3 Å². The van der Waals surface area contributed by atoms with Crippen molar-refractivity contribution in [3.05, 3.63) is 177 Å². The summed E-state index contributed by atoms with van der Waals surface area (Å²) in [6.07, 6.45) is 22.3. The number of nitrogen functional groups attached to an aromatic ring is 4. The highest BCUT2D eigenvalue weighted by molar-refractivity contribution is 6.44. The molecule has 0 unspecified atom stereocenters. The molecule has 4 aliphatic heterocycles. The Morgan fingerprint density at radius 1 is 0.304 bits per heavy atom. The molecule has 0 radical (unpaired) electrons. The van der Waals surface area contributed by atoms with Gasteiger partial charge in [-0.2, -0.15) is 19.9 Å². The Labute approximate surface area is 692 Å². The van der Waals surface area contributed by atoms with E-state index in [1.54, 1.807) is 100 Å². The molecule has 4 spiro atoms. The van der Waals surface area contributed by atoms with Gasteiger partial charge in [0.2, 0.25) is 23.8 Å². The van der Waals surface area contributed by atoms with Crippen LogP contribution >= 0.6 is 92.8 Å². The fourth-order valence-corrected chi connectivity index (χ4v) is 20.6. The molecule has 8 aromatic rings. The molecule has 0 amide bonds. The quantitative estimate of drug-likeness (QED) is 0.0700. The van der Waals surface area contributed by atoms with Crippen molar-refractivity contribution in [1.29, 1.82) is 0 Å². The van der Waals surface area contributed by atoms with E-state index in [9.17, 15) is 19.2 Å². The number of nitrogens with two attached hydrogens (primary N) is 8. The first kappa shape index (κ1) is 82.9. The zero-order valence-electron chi connectivity index (χ0n) is 63.7. The highest BCUT2D eigenvalue weighted by atomic mass is 35.5. The van der Waals surface area contributed by atoms with Crippen molar-refractivity contribution in [2.45, 2.75) is 180 Å². The van der Waals surface area contributed by atoms with E-state index >= 15 is 0 Å². The number of halogens is 8. The molecule has 4 saturated carbocycles. The van der Waals surface area contributed by atoms with Crippen LogP contribution in [0.2, 0.25) is 40.2 Å². The molecule has 16 rings (SSSR count). The molecule has 4 aromatic heterocycles. The topological polar surface area (TPSA) is 361 Å². The van der Waals surface area contributed by atoms with Crippen molar-refractivity contribution >= 4 is 140 Å². The van der Waals surface area contributed by atoms with Crippen LogP contribution in [0.15, 0.2) is 92.0 Å². The first-order chi connectivity index (χ1) is 53.4. The molecular formula is C80H100Cl8N20O4. The highest BCUT2D eigenvalue weighted by Crippen LogP contribution is 2.50. The second kappa shape index (κ2) is 33.7. The number of nitrogens with zero attached hydrogens (tertiary/aromatic N) is 12. The smallest absolute Gasteiger partial charge is 0.264 e. The van der Waals surface area contributed by atoms with E-state index in [2.05, 4.69) is 39.5 Å². The van der Waals surface area contributed by atoms with E-state index in [1.165, 1.54) is 69.6 Å². The minimum Gasteiger partial charge on any atom is -0.369 e. The fraction of sp³-hybridized carbons (Fsp3) is 0.500. The number of hydrogen-bond donors (Lipinski definition) is 8. The SMILES string of the molecule is Cc1c(N2CCC3(CCC[C@@H]3N)CC2)nc(N)n(-c2cccc(Cl)c2Cl)c1=O.Cc1c(N2CCC3(CCC[C@@H]3N)CC2)nc(N)n(-c2cccc(Cl)c2Cl)c1=O.Cc1c(N2CCC3(CCC[C@H]3N)CC2)nc(N)n(-c2cccc(Cl)c2Cl)c1=O.Cc1c(N2CCC3(CCC[C@H]3N)CC2)nc(N)n(-c2cccc(Cl)c2Cl)c1=O. The third-order valence-corrected chi connectivity index (χ3v) is 29.3. The van der Waals surface area contributed by atoms with Gasteiger partial charge in [-0.05, 0) is 201 Å². The molecule has 32 heteroatoms. The van der Waals surface area contributed by atoms with E-state index in [0.29, 0.717) is 88.4 Å². The van der Waals surface area contributed by atoms with Crippen LogP contribution in [0.25, 0.3) is 22.7 Å². The van der Waals surface area contributed by atoms with E-state index in [-0.39, 0.29) is 112 Å².